The second-order valence-electron chi connectivity index (χ2n) is 9.97. The van der Waals surface area contributed by atoms with E-state index in [-0.39, 0.29) is 28.8 Å². The average Bonchev–Trinajstić information content (AvgIpc) is 2.97. The molecule has 12 heteroatoms. The molecule has 1 atom stereocenters. The Morgan fingerprint density at radius 3 is 2.21 bits per heavy atom. The van der Waals surface area contributed by atoms with Gasteiger partial charge in [0, 0.05) is 24.2 Å². The number of ether oxygens (including phenoxy) is 2. The first-order valence-electron chi connectivity index (χ1n) is 13.2. The van der Waals surface area contributed by atoms with Gasteiger partial charge in [-0.25, -0.2) is 12.8 Å². The second-order valence-corrected chi connectivity index (χ2v) is 12.3. The van der Waals surface area contributed by atoms with Crippen molar-refractivity contribution in [3.8, 4) is 11.5 Å². The molecule has 0 fully saturated rings. The molecule has 3 aromatic carbocycles. The van der Waals surface area contributed by atoms with Gasteiger partial charge in [0.2, 0.25) is 11.8 Å². The normalized spacial score (nSPS) is 12.0. The quantitative estimate of drug-likeness (QED) is 0.292. The van der Waals surface area contributed by atoms with Crippen LogP contribution in [-0.2, 0) is 26.2 Å². The third-order valence-corrected chi connectivity index (χ3v) is 8.44. The van der Waals surface area contributed by atoms with Crippen LogP contribution in [-0.4, -0.2) is 58.5 Å². The number of anilines is 1. The number of carbonyl (C=O) groups is 2. The molecule has 0 bridgehead atoms. The fourth-order valence-corrected chi connectivity index (χ4v) is 5.75. The van der Waals surface area contributed by atoms with Crippen LogP contribution >= 0.6 is 11.6 Å². The molecule has 0 aliphatic rings. The molecule has 226 valence electrons. The van der Waals surface area contributed by atoms with Gasteiger partial charge in [-0.05, 0) is 66.9 Å². The molecule has 2 amide bonds. The minimum Gasteiger partial charge on any atom is -0.493 e. The maximum absolute atomic E-state index is 14.0. The summed E-state index contributed by atoms with van der Waals surface area (Å²) in [6.07, 6.45) is 0. The molecule has 0 unspecified atom stereocenters. The highest BCUT2D eigenvalue weighted by Crippen LogP contribution is 2.32. The van der Waals surface area contributed by atoms with Crippen LogP contribution in [0.5, 0.6) is 11.5 Å². The van der Waals surface area contributed by atoms with Gasteiger partial charge in [-0.1, -0.05) is 37.6 Å². The topological polar surface area (TPSA) is 105 Å². The maximum atomic E-state index is 14.0. The third-order valence-electron chi connectivity index (χ3n) is 6.43. The van der Waals surface area contributed by atoms with Crippen molar-refractivity contribution in [2.45, 2.75) is 38.3 Å². The Balaban J connectivity index is 2.05. The number of amides is 2. The highest BCUT2D eigenvalue weighted by molar-refractivity contribution is 7.92. The predicted octanol–water partition coefficient (Wildman–Crippen LogP) is 4.88. The number of benzene rings is 3. The molecule has 0 aromatic heterocycles. The smallest absolute Gasteiger partial charge is 0.264 e. The highest BCUT2D eigenvalue weighted by atomic mass is 35.5. The number of sulfonamides is 1. The molecule has 0 heterocycles. The van der Waals surface area contributed by atoms with E-state index < -0.39 is 40.2 Å². The summed E-state index contributed by atoms with van der Waals surface area (Å²) in [5, 5.41) is 3.27. The van der Waals surface area contributed by atoms with Crippen LogP contribution in [0, 0.1) is 11.7 Å². The van der Waals surface area contributed by atoms with E-state index in [1.807, 2.05) is 13.8 Å². The van der Waals surface area contributed by atoms with E-state index in [4.69, 9.17) is 21.1 Å². The molecular weight excluding hydrogens is 585 g/mol. The van der Waals surface area contributed by atoms with Gasteiger partial charge in [0.25, 0.3) is 10.0 Å². The Hall–Kier alpha value is -3.83. The summed E-state index contributed by atoms with van der Waals surface area (Å²) in [6.45, 7) is 5.17. The van der Waals surface area contributed by atoms with Crippen molar-refractivity contribution in [3.63, 3.8) is 0 Å². The number of methoxy groups -OCH3 is 2. The molecule has 42 heavy (non-hydrogen) atoms. The lowest BCUT2D eigenvalue weighted by Crippen LogP contribution is -2.51. The lowest BCUT2D eigenvalue weighted by atomic mass is 10.1. The average molecular weight is 620 g/mol. The van der Waals surface area contributed by atoms with Gasteiger partial charge < -0.3 is 19.7 Å². The van der Waals surface area contributed by atoms with E-state index in [0.717, 1.165) is 16.4 Å². The zero-order valence-electron chi connectivity index (χ0n) is 24.1. The van der Waals surface area contributed by atoms with Crippen LogP contribution < -0.4 is 19.1 Å². The molecule has 0 aliphatic heterocycles. The Kier molecular flexibility index (Phi) is 11.2. The zero-order valence-corrected chi connectivity index (χ0v) is 25.7. The van der Waals surface area contributed by atoms with Crippen molar-refractivity contribution in [1.82, 2.24) is 10.2 Å². The van der Waals surface area contributed by atoms with Crippen molar-refractivity contribution in [3.05, 3.63) is 83.1 Å². The third kappa shape index (κ3) is 8.13. The fourth-order valence-electron chi connectivity index (χ4n) is 4.11. The Bertz CT molecular complexity index is 1500. The van der Waals surface area contributed by atoms with Crippen LogP contribution in [0.25, 0.3) is 0 Å². The number of rotatable bonds is 13. The Morgan fingerprint density at radius 1 is 0.952 bits per heavy atom. The number of hydrogen-bond donors (Lipinski definition) is 1. The molecule has 1 N–H and O–H groups in total. The van der Waals surface area contributed by atoms with Gasteiger partial charge in [0.05, 0.1) is 24.8 Å². The van der Waals surface area contributed by atoms with Crippen LogP contribution in [0.15, 0.2) is 71.6 Å². The summed E-state index contributed by atoms with van der Waals surface area (Å²) >= 11 is 6.17. The van der Waals surface area contributed by atoms with E-state index in [9.17, 15) is 22.4 Å². The number of nitrogens with zero attached hydrogens (tertiary/aromatic N) is 2. The van der Waals surface area contributed by atoms with Gasteiger partial charge in [0.15, 0.2) is 11.5 Å². The molecule has 3 rings (SSSR count). The van der Waals surface area contributed by atoms with Crippen LogP contribution in [0.4, 0.5) is 10.1 Å². The maximum Gasteiger partial charge on any atom is 0.264 e. The van der Waals surface area contributed by atoms with Crippen molar-refractivity contribution >= 4 is 39.1 Å². The number of nitrogens with one attached hydrogen (secondary N) is 1. The van der Waals surface area contributed by atoms with Crippen LogP contribution in [0.2, 0.25) is 5.02 Å². The number of halogens is 2. The van der Waals surface area contributed by atoms with Crippen LogP contribution in [0.1, 0.15) is 26.3 Å². The molecule has 9 nitrogen and oxygen atoms in total. The van der Waals surface area contributed by atoms with Gasteiger partial charge in [-0.2, -0.15) is 0 Å². The van der Waals surface area contributed by atoms with Gasteiger partial charge in [0.1, 0.15) is 18.4 Å². The van der Waals surface area contributed by atoms with Gasteiger partial charge >= 0.3 is 0 Å². The molecule has 0 saturated heterocycles. The highest BCUT2D eigenvalue weighted by Gasteiger charge is 2.33. The first kappa shape index (κ1) is 32.7. The SMILES string of the molecule is COc1ccc(S(=O)(=O)N(CC(=O)N(Cc2cccc(Cl)c2)[C@H](C)C(=O)NCC(C)C)c2ccc(F)cc2)cc1OC. The van der Waals surface area contributed by atoms with E-state index in [1.54, 1.807) is 31.2 Å². The first-order chi connectivity index (χ1) is 19.9. The minimum absolute atomic E-state index is 0.0106. The van der Waals surface area contributed by atoms with E-state index in [0.29, 0.717) is 22.9 Å². The molecule has 0 radical (unpaired) electrons. The molecule has 0 aliphatic carbocycles. The summed E-state index contributed by atoms with van der Waals surface area (Å²) in [5.41, 5.74) is 0.703. The largest absolute Gasteiger partial charge is 0.493 e. The summed E-state index contributed by atoms with van der Waals surface area (Å²) < 4.78 is 53.2. The monoisotopic (exact) mass is 619 g/mol. The molecular formula is C30H35ClFN3O6S. The molecule has 0 saturated carbocycles. The fraction of sp³-hybridized carbons (Fsp3) is 0.333. The number of carbonyl (C=O) groups excluding carboxylic acids is 2. The lowest BCUT2D eigenvalue weighted by molar-refractivity contribution is -0.139. The first-order valence-corrected chi connectivity index (χ1v) is 15.0. The Labute approximate surface area is 251 Å². The molecule has 0 spiro atoms. The van der Waals surface area contributed by atoms with Crippen molar-refractivity contribution < 1.29 is 31.9 Å². The zero-order chi connectivity index (χ0) is 31.0. The number of hydrogen-bond acceptors (Lipinski definition) is 6. The molecule has 3 aromatic rings. The van der Waals surface area contributed by atoms with E-state index >= 15 is 0 Å². The minimum atomic E-state index is -4.39. The Morgan fingerprint density at radius 2 is 1.62 bits per heavy atom. The standard InChI is InChI=1S/C30H35ClFN3O6S/c1-20(2)17-33-30(37)21(3)34(18-22-7-6-8-23(31)15-22)29(36)19-35(25-11-9-24(32)10-12-25)42(38,39)26-13-14-27(40-4)28(16-26)41-5/h6-16,20-21H,17-19H2,1-5H3,(H,33,37)/t21-/m1/s1. The summed E-state index contributed by atoms with van der Waals surface area (Å²) in [5.74, 6) is -0.965. The van der Waals surface area contributed by atoms with Gasteiger partial charge in [-0.15, -0.1) is 0 Å². The lowest BCUT2D eigenvalue weighted by Gasteiger charge is -2.32. The predicted molar refractivity (Wildman–Crippen MR) is 160 cm³/mol. The van der Waals surface area contributed by atoms with Crippen molar-refractivity contribution in [2.24, 2.45) is 5.92 Å². The van der Waals surface area contributed by atoms with Crippen molar-refractivity contribution in [2.75, 3.05) is 31.6 Å². The summed E-state index contributed by atoms with van der Waals surface area (Å²) in [7, 11) is -1.60. The summed E-state index contributed by atoms with van der Waals surface area (Å²) in [6, 6.07) is 14.6. The van der Waals surface area contributed by atoms with Crippen molar-refractivity contribution in [1.29, 1.82) is 0 Å². The van der Waals surface area contributed by atoms with E-state index in [1.165, 1.54) is 49.5 Å². The van der Waals surface area contributed by atoms with Gasteiger partial charge in [-0.3, -0.25) is 13.9 Å². The second kappa shape index (κ2) is 14.4. The summed E-state index contributed by atoms with van der Waals surface area (Å²) in [4.78, 5) is 28.1. The van der Waals surface area contributed by atoms with Crippen LogP contribution in [0.3, 0.4) is 0 Å². The van der Waals surface area contributed by atoms with E-state index in [2.05, 4.69) is 5.32 Å².